The van der Waals surface area contributed by atoms with E-state index in [9.17, 15) is 13.2 Å². The van der Waals surface area contributed by atoms with E-state index in [2.05, 4.69) is 39.4 Å². The van der Waals surface area contributed by atoms with E-state index >= 15 is 0 Å². The average molecular weight is 475 g/mol. The topological polar surface area (TPSA) is 82.2 Å². The molecule has 1 N–H and O–H groups in total. The van der Waals surface area contributed by atoms with Crippen LogP contribution in [0.4, 0.5) is 5.69 Å². The number of Topliss-reactive ketones (excluding diaryl/α,β-unsaturated/α-hetero) is 1. The second-order valence-corrected chi connectivity index (χ2v) is 10.5. The van der Waals surface area contributed by atoms with Crippen LogP contribution in [0.5, 0.6) is 0 Å². The van der Waals surface area contributed by atoms with Gasteiger partial charge in [-0.05, 0) is 43.9 Å². The molecule has 1 fully saturated rings. The molecule has 1 atom stereocenters. The van der Waals surface area contributed by atoms with Gasteiger partial charge in [-0.3, -0.25) is 4.79 Å². The van der Waals surface area contributed by atoms with Crippen LogP contribution in [0.3, 0.4) is 0 Å². The number of anilines is 1. The molecule has 0 saturated carbocycles. The first-order chi connectivity index (χ1) is 15.7. The lowest BCUT2D eigenvalue weighted by Crippen LogP contribution is -2.40. The summed E-state index contributed by atoms with van der Waals surface area (Å²) in [5.74, 6) is -0.144. The van der Waals surface area contributed by atoms with Gasteiger partial charge in [0.05, 0.1) is 24.7 Å². The third kappa shape index (κ3) is 6.39. The van der Waals surface area contributed by atoms with Crippen molar-refractivity contribution in [3.8, 4) is 0 Å². The number of sulfonamides is 1. The highest BCUT2D eigenvalue weighted by Gasteiger charge is 2.27. The van der Waals surface area contributed by atoms with Crippen molar-refractivity contribution < 1.29 is 17.9 Å². The minimum Gasteiger partial charge on any atom is -0.379 e. The average Bonchev–Trinajstić information content (AvgIpc) is 2.82. The summed E-state index contributed by atoms with van der Waals surface area (Å²) in [4.78, 5) is 17.1. The Kier molecular flexibility index (Phi) is 8.61. The van der Waals surface area contributed by atoms with Crippen LogP contribution in [0.25, 0.3) is 0 Å². The molecular weight excluding hydrogens is 440 g/mol. The van der Waals surface area contributed by atoms with Gasteiger partial charge < -0.3 is 19.9 Å². The molecule has 8 nitrogen and oxygen atoms in total. The molecular formula is C24H34N4O4S. The second-order valence-electron chi connectivity index (χ2n) is 8.56. The zero-order chi connectivity index (χ0) is 24.0. The fourth-order valence-corrected chi connectivity index (χ4v) is 5.24. The van der Waals surface area contributed by atoms with Gasteiger partial charge >= 0.3 is 0 Å². The molecule has 1 heterocycles. The van der Waals surface area contributed by atoms with Crippen molar-refractivity contribution in [2.75, 3.05) is 72.5 Å². The van der Waals surface area contributed by atoms with Crippen LogP contribution < -0.4 is 10.2 Å². The van der Waals surface area contributed by atoms with Crippen LogP contribution in [-0.4, -0.2) is 91.0 Å². The van der Waals surface area contributed by atoms with E-state index < -0.39 is 10.0 Å². The Bertz CT molecular complexity index is 1030. The van der Waals surface area contributed by atoms with Crippen LogP contribution >= 0.6 is 0 Å². The monoisotopic (exact) mass is 474 g/mol. The maximum atomic E-state index is 12.9. The SMILES string of the molecule is CN(C)c1ccc(C(CNCC(=O)c2cccc(S(=O)(=O)N3CCOCC3)c2)N(C)C)cc1. The molecule has 0 aliphatic carbocycles. The van der Waals surface area contributed by atoms with Crippen molar-refractivity contribution in [2.24, 2.45) is 0 Å². The van der Waals surface area contributed by atoms with Gasteiger partial charge in [-0.25, -0.2) is 8.42 Å². The predicted molar refractivity (Wildman–Crippen MR) is 130 cm³/mol. The summed E-state index contributed by atoms with van der Waals surface area (Å²) < 4.78 is 32.4. The Morgan fingerprint density at radius 1 is 1.06 bits per heavy atom. The number of likely N-dealkylation sites (N-methyl/N-ethyl adjacent to an activating group) is 1. The van der Waals surface area contributed by atoms with Crippen LogP contribution in [0, 0.1) is 0 Å². The lowest BCUT2D eigenvalue weighted by molar-refractivity contribution is 0.0730. The predicted octanol–water partition coefficient (Wildman–Crippen LogP) is 1.85. The van der Waals surface area contributed by atoms with E-state index in [0.29, 0.717) is 38.4 Å². The Hall–Kier alpha value is -2.30. The first-order valence-electron chi connectivity index (χ1n) is 11.1. The fourth-order valence-electron chi connectivity index (χ4n) is 3.78. The third-order valence-corrected chi connectivity index (χ3v) is 7.70. The van der Waals surface area contributed by atoms with E-state index in [4.69, 9.17) is 4.74 Å². The highest BCUT2D eigenvalue weighted by Crippen LogP contribution is 2.21. The van der Waals surface area contributed by atoms with E-state index in [1.54, 1.807) is 12.1 Å². The molecule has 3 rings (SSSR count). The van der Waals surface area contributed by atoms with Crippen molar-refractivity contribution in [2.45, 2.75) is 10.9 Å². The Balaban J connectivity index is 1.63. The largest absolute Gasteiger partial charge is 0.379 e. The van der Waals surface area contributed by atoms with Gasteiger partial charge in [-0.1, -0.05) is 24.3 Å². The standard InChI is InChI=1S/C24H34N4O4S/c1-26(2)21-10-8-19(9-11-21)23(27(3)4)17-25-18-24(29)20-6-5-7-22(16-20)33(30,31)28-12-14-32-15-13-28/h5-11,16,23,25H,12-15,17-18H2,1-4H3. The molecule has 1 aliphatic rings. The molecule has 0 spiro atoms. The summed E-state index contributed by atoms with van der Waals surface area (Å²) >= 11 is 0. The van der Waals surface area contributed by atoms with E-state index in [1.165, 1.54) is 16.4 Å². The molecule has 2 aromatic rings. The minimum atomic E-state index is -3.64. The van der Waals surface area contributed by atoms with E-state index in [-0.39, 0.29) is 23.3 Å². The third-order valence-electron chi connectivity index (χ3n) is 5.80. The molecule has 9 heteroatoms. The molecule has 180 valence electrons. The van der Waals surface area contributed by atoms with Crippen molar-refractivity contribution >= 4 is 21.5 Å². The summed E-state index contributed by atoms with van der Waals surface area (Å²) in [5.41, 5.74) is 2.67. The summed E-state index contributed by atoms with van der Waals surface area (Å²) in [6, 6.07) is 14.7. The van der Waals surface area contributed by atoms with E-state index in [0.717, 1.165) is 11.3 Å². The summed E-state index contributed by atoms with van der Waals surface area (Å²) in [5, 5.41) is 3.24. The normalized spacial score (nSPS) is 16.0. The Morgan fingerprint density at radius 3 is 2.33 bits per heavy atom. The number of ketones is 1. The number of hydrogen-bond acceptors (Lipinski definition) is 7. The van der Waals surface area contributed by atoms with Crippen molar-refractivity contribution in [3.05, 3.63) is 59.7 Å². The summed E-state index contributed by atoms with van der Waals surface area (Å²) in [7, 11) is 4.39. The van der Waals surface area contributed by atoms with Gasteiger partial charge in [-0.2, -0.15) is 4.31 Å². The quantitative estimate of drug-likeness (QED) is 0.526. The molecule has 0 aromatic heterocycles. The highest BCUT2D eigenvalue weighted by molar-refractivity contribution is 7.89. The number of hydrogen-bond donors (Lipinski definition) is 1. The first-order valence-corrected chi connectivity index (χ1v) is 12.5. The molecule has 1 unspecified atom stereocenters. The van der Waals surface area contributed by atoms with Crippen molar-refractivity contribution in [1.82, 2.24) is 14.5 Å². The fraction of sp³-hybridized carbons (Fsp3) is 0.458. The van der Waals surface area contributed by atoms with Crippen LogP contribution in [0.1, 0.15) is 22.0 Å². The first kappa shape index (κ1) is 25.3. The summed E-state index contributed by atoms with van der Waals surface area (Å²) in [6.07, 6.45) is 0. The van der Waals surface area contributed by atoms with Crippen LogP contribution in [-0.2, 0) is 14.8 Å². The zero-order valence-corrected chi connectivity index (χ0v) is 20.6. The lowest BCUT2D eigenvalue weighted by Gasteiger charge is -2.26. The number of nitrogens with zero attached hydrogens (tertiary/aromatic N) is 3. The van der Waals surface area contributed by atoms with Gasteiger partial charge in [0.2, 0.25) is 10.0 Å². The van der Waals surface area contributed by atoms with Crippen LogP contribution in [0.2, 0.25) is 0 Å². The van der Waals surface area contributed by atoms with E-state index in [1.807, 2.05) is 28.2 Å². The van der Waals surface area contributed by atoms with Crippen molar-refractivity contribution in [1.29, 1.82) is 0 Å². The number of carbonyl (C=O) groups is 1. The molecule has 0 bridgehead atoms. The number of nitrogens with one attached hydrogen (secondary N) is 1. The number of ether oxygens (including phenoxy) is 1. The van der Waals surface area contributed by atoms with Gasteiger partial charge in [-0.15, -0.1) is 0 Å². The highest BCUT2D eigenvalue weighted by atomic mass is 32.2. The molecule has 0 amide bonds. The Labute approximate surface area is 197 Å². The molecule has 1 saturated heterocycles. The second kappa shape index (κ2) is 11.2. The van der Waals surface area contributed by atoms with Gasteiger partial charge in [0.1, 0.15) is 0 Å². The lowest BCUT2D eigenvalue weighted by atomic mass is 10.0. The maximum absolute atomic E-state index is 12.9. The number of carbonyl (C=O) groups excluding carboxylic acids is 1. The number of rotatable bonds is 10. The van der Waals surface area contributed by atoms with Gasteiger partial charge in [0.25, 0.3) is 0 Å². The number of benzene rings is 2. The summed E-state index contributed by atoms with van der Waals surface area (Å²) in [6.45, 7) is 2.12. The molecule has 0 radical (unpaired) electrons. The molecule has 1 aliphatic heterocycles. The van der Waals surface area contributed by atoms with Crippen LogP contribution in [0.15, 0.2) is 53.4 Å². The van der Waals surface area contributed by atoms with Gasteiger partial charge in [0, 0.05) is 51.0 Å². The molecule has 2 aromatic carbocycles. The Morgan fingerprint density at radius 2 is 1.73 bits per heavy atom. The smallest absolute Gasteiger partial charge is 0.243 e. The maximum Gasteiger partial charge on any atom is 0.243 e. The minimum absolute atomic E-state index is 0.0991. The molecule has 33 heavy (non-hydrogen) atoms. The van der Waals surface area contributed by atoms with Crippen molar-refractivity contribution in [3.63, 3.8) is 0 Å². The number of morpholine rings is 1. The van der Waals surface area contributed by atoms with Gasteiger partial charge in [0.15, 0.2) is 5.78 Å². The zero-order valence-electron chi connectivity index (χ0n) is 19.8.